The van der Waals surface area contributed by atoms with E-state index in [9.17, 15) is 18.0 Å². The number of hydrogen-bond acceptors (Lipinski definition) is 6. The molecule has 0 spiro atoms. The first kappa shape index (κ1) is 34.5. The lowest BCUT2D eigenvalue weighted by atomic mass is 9.94. The molecule has 0 unspecified atom stereocenters. The lowest BCUT2D eigenvalue weighted by molar-refractivity contribution is -0.140. The predicted molar refractivity (Wildman–Crippen MR) is 186 cm³/mol. The summed E-state index contributed by atoms with van der Waals surface area (Å²) in [5.41, 5.74) is 1.92. The van der Waals surface area contributed by atoms with Gasteiger partial charge in [0.15, 0.2) is 0 Å². The van der Waals surface area contributed by atoms with Crippen molar-refractivity contribution < 1.29 is 27.5 Å². The van der Waals surface area contributed by atoms with E-state index in [0.29, 0.717) is 17.2 Å². The van der Waals surface area contributed by atoms with Gasteiger partial charge in [0, 0.05) is 19.0 Å². The van der Waals surface area contributed by atoms with Gasteiger partial charge in [0.1, 0.15) is 24.1 Å². The molecular formula is C38H43N3O6S. The van der Waals surface area contributed by atoms with Crippen LogP contribution < -0.4 is 19.1 Å². The van der Waals surface area contributed by atoms with Crippen molar-refractivity contribution in [2.24, 2.45) is 0 Å². The van der Waals surface area contributed by atoms with Crippen molar-refractivity contribution in [1.82, 2.24) is 10.2 Å². The van der Waals surface area contributed by atoms with Crippen molar-refractivity contribution in [3.63, 3.8) is 0 Å². The third-order valence-electron chi connectivity index (χ3n) is 8.68. The Morgan fingerprint density at radius 1 is 0.771 bits per heavy atom. The topological polar surface area (TPSA) is 105 Å². The van der Waals surface area contributed by atoms with Crippen LogP contribution in [0.5, 0.6) is 11.5 Å². The minimum Gasteiger partial charge on any atom is -0.497 e. The molecule has 1 N–H and O–H groups in total. The molecular weight excluding hydrogens is 627 g/mol. The van der Waals surface area contributed by atoms with E-state index in [2.05, 4.69) is 5.32 Å². The Morgan fingerprint density at radius 3 is 2.04 bits per heavy atom. The predicted octanol–water partition coefficient (Wildman–Crippen LogP) is 5.99. The summed E-state index contributed by atoms with van der Waals surface area (Å²) in [6.45, 7) is -0.469. The molecule has 0 radical (unpaired) electrons. The van der Waals surface area contributed by atoms with E-state index in [1.165, 1.54) is 24.1 Å². The zero-order valence-corrected chi connectivity index (χ0v) is 28.3. The zero-order chi connectivity index (χ0) is 33.9. The number of sulfonamides is 1. The van der Waals surface area contributed by atoms with Gasteiger partial charge in [-0.1, -0.05) is 79.9 Å². The molecule has 5 rings (SSSR count). The first-order valence-corrected chi connectivity index (χ1v) is 17.7. The zero-order valence-electron chi connectivity index (χ0n) is 27.5. The van der Waals surface area contributed by atoms with Crippen molar-refractivity contribution in [2.45, 2.75) is 62.0 Å². The van der Waals surface area contributed by atoms with Gasteiger partial charge in [-0.15, -0.1) is 0 Å². The first-order chi connectivity index (χ1) is 23.3. The molecule has 1 atom stereocenters. The van der Waals surface area contributed by atoms with Crippen LogP contribution in [0.1, 0.15) is 43.2 Å². The second kappa shape index (κ2) is 16.3. The standard InChI is InChI=1S/C38H43N3O6S/c1-46-33-23-21-32(22-24-33)41(48(44,45)35-19-10-5-11-20-35)28-37(42)40(27-30-15-12-18-34(25-30)47-2)36(26-29-13-6-3-7-14-29)38(43)39-31-16-8-4-9-17-31/h3,5-7,10-15,18-25,31,36H,4,8-9,16-17,26-28H2,1-2H3,(H,39,43)/t36-/m0/s1. The molecule has 2 amide bonds. The number of carbonyl (C=O) groups excluding carboxylic acids is 2. The van der Waals surface area contributed by atoms with Crippen LogP contribution in [0.25, 0.3) is 0 Å². The van der Waals surface area contributed by atoms with Crippen LogP contribution in [-0.2, 0) is 32.6 Å². The highest BCUT2D eigenvalue weighted by atomic mass is 32.2. The van der Waals surface area contributed by atoms with Crippen molar-refractivity contribution in [1.29, 1.82) is 0 Å². The number of nitrogens with zero attached hydrogens (tertiary/aromatic N) is 2. The Balaban J connectivity index is 1.56. The van der Waals surface area contributed by atoms with Gasteiger partial charge in [0.25, 0.3) is 10.0 Å². The number of anilines is 1. The molecule has 1 fully saturated rings. The summed E-state index contributed by atoms with van der Waals surface area (Å²) < 4.78 is 40.2. The molecule has 0 aliphatic heterocycles. The quantitative estimate of drug-likeness (QED) is 0.177. The summed E-state index contributed by atoms with van der Waals surface area (Å²) in [6, 6.07) is 30.5. The Hall–Kier alpha value is -4.83. The molecule has 1 saturated carbocycles. The Morgan fingerprint density at radius 2 is 1.40 bits per heavy atom. The summed E-state index contributed by atoms with van der Waals surface area (Å²) in [4.78, 5) is 30.5. The number of nitrogens with one attached hydrogen (secondary N) is 1. The monoisotopic (exact) mass is 669 g/mol. The number of hydrogen-bond donors (Lipinski definition) is 1. The van der Waals surface area contributed by atoms with Crippen LogP contribution in [0, 0.1) is 0 Å². The molecule has 4 aromatic rings. The Bertz CT molecular complexity index is 1740. The fourth-order valence-corrected chi connectivity index (χ4v) is 7.50. The summed E-state index contributed by atoms with van der Waals surface area (Å²) in [5, 5.41) is 3.23. The fourth-order valence-electron chi connectivity index (χ4n) is 6.06. The maximum absolute atomic E-state index is 14.7. The third-order valence-corrected chi connectivity index (χ3v) is 10.5. The molecule has 252 valence electrons. The van der Waals surface area contributed by atoms with Gasteiger partial charge in [-0.25, -0.2) is 8.42 Å². The molecule has 48 heavy (non-hydrogen) atoms. The van der Waals surface area contributed by atoms with Crippen molar-refractivity contribution in [2.75, 3.05) is 25.1 Å². The summed E-state index contributed by atoms with van der Waals surface area (Å²) in [5.74, 6) is 0.374. The first-order valence-electron chi connectivity index (χ1n) is 16.3. The van der Waals surface area contributed by atoms with Crippen LogP contribution in [0.3, 0.4) is 0 Å². The summed E-state index contributed by atoms with van der Waals surface area (Å²) in [6.07, 6.45) is 5.23. The minimum atomic E-state index is -4.19. The smallest absolute Gasteiger partial charge is 0.264 e. The molecule has 0 bridgehead atoms. The molecule has 0 heterocycles. The van der Waals surface area contributed by atoms with Gasteiger partial charge < -0.3 is 19.7 Å². The number of carbonyl (C=O) groups is 2. The van der Waals surface area contributed by atoms with Crippen molar-refractivity contribution >= 4 is 27.5 Å². The van der Waals surface area contributed by atoms with E-state index in [4.69, 9.17) is 9.47 Å². The van der Waals surface area contributed by atoms with Gasteiger partial charge in [-0.3, -0.25) is 13.9 Å². The SMILES string of the molecule is COc1ccc(N(CC(=O)N(Cc2cccc(OC)c2)[C@@H](Cc2ccccc2)C(=O)NC2CCCCC2)S(=O)(=O)c2ccccc2)cc1. The van der Waals surface area contributed by atoms with E-state index in [1.807, 2.05) is 54.6 Å². The molecule has 1 aliphatic rings. The van der Waals surface area contributed by atoms with E-state index in [0.717, 1.165) is 47.5 Å². The lowest BCUT2D eigenvalue weighted by Gasteiger charge is -2.35. The number of benzene rings is 4. The van der Waals surface area contributed by atoms with Gasteiger partial charge in [0.05, 0.1) is 24.8 Å². The van der Waals surface area contributed by atoms with Crippen LogP contribution in [0.2, 0.25) is 0 Å². The number of rotatable bonds is 14. The molecule has 9 nitrogen and oxygen atoms in total. The average Bonchev–Trinajstić information content (AvgIpc) is 3.13. The Labute approximate surface area is 283 Å². The van der Waals surface area contributed by atoms with Crippen molar-refractivity contribution in [3.8, 4) is 11.5 Å². The largest absolute Gasteiger partial charge is 0.497 e. The van der Waals surface area contributed by atoms with Gasteiger partial charge in [-0.2, -0.15) is 0 Å². The van der Waals surface area contributed by atoms with Crippen LogP contribution in [-0.4, -0.2) is 58.0 Å². The molecule has 10 heteroatoms. The maximum atomic E-state index is 14.7. The van der Waals surface area contributed by atoms with Crippen LogP contribution in [0.15, 0.2) is 114 Å². The second-order valence-corrected chi connectivity index (χ2v) is 13.8. The summed E-state index contributed by atoms with van der Waals surface area (Å²) >= 11 is 0. The van der Waals surface area contributed by atoms with E-state index in [1.54, 1.807) is 49.6 Å². The highest BCUT2D eigenvalue weighted by Crippen LogP contribution is 2.27. The number of methoxy groups -OCH3 is 2. The molecule has 0 aromatic heterocycles. The normalized spacial score (nSPS) is 14.0. The molecule has 1 aliphatic carbocycles. The Kier molecular flexibility index (Phi) is 11.7. The van der Waals surface area contributed by atoms with Gasteiger partial charge in [-0.05, 0) is 72.5 Å². The highest BCUT2D eigenvalue weighted by molar-refractivity contribution is 7.92. The molecule has 0 saturated heterocycles. The minimum absolute atomic E-state index is 0.0209. The van der Waals surface area contributed by atoms with Crippen LogP contribution in [0.4, 0.5) is 5.69 Å². The highest BCUT2D eigenvalue weighted by Gasteiger charge is 2.35. The van der Waals surface area contributed by atoms with E-state index >= 15 is 0 Å². The summed E-state index contributed by atoms with van der Waals surface area (Å²) in [7, 11) is -1.09. The molecule has 4 aromatic carbocycles. The average molecular weight is 670 g/mol. The lowest BCUT2D eigenvalue weighted by Crippen LogP contribution is -2.55. The van der Waals surface area contributed by atoms with Gasteiger partial charge >= 0.3 is 0 Å². The van der Waals surface area contributed by atoms with E-state index < -0.39 is 28.5 Å². The number of ether oxygens (including phenoxy) is 2. The van der Waals surface area contributed by atoms with E-state index in [-0.39, 0.29) is 29.8 Å². The van der Waals surface area contributed by atoms with Gasteiger partial charge in [0.2, 0.25) is 11.8 Å². The second-order valence-electron chi connectivity index (χ2n) is 11.9. The maximum Gasteiger partial charge on any atom is 0.264 e. The van der Waals surface area contributed by atoms with Crippen molar-refractivity contribution in [3.05, 3.63) is 120 Å². The van der Waals surface area contributed by atoms with Crippen LogP contribution >= 0.6 is 0 Å². The fraction of sp³-hybridized carbons (Fsp3) is 0.316. The third kappa shape index (κ3) is 8.74. The number of amides is 2.